The van der Waals surface area contributed by atoms with Gasteiger partial charge in [-0.3, -0.25) is 0 Å². The molecule has 0 aromatic heterocycles. The van der Waals surface area contributed by atoms with Crippen LogP contribution < -0.4 is 5.32 Å². The van der Waals surface area contributed by atoms with Gasteiger partial charge in [0.1, 0.15) is 5.82 Å². The molecule has 1 aliphatic heterocycles. The second-order valence-corrected chi connectivity index (χ2v) is 5.16. The normalized spacial score (nSPS) is 19.7. The third kappa shape index (κ3) is 3.20. The lowest BCUT2D eigenvalue weighted by Crippen LogP contribution is -2.44. The number of nitrogens with zero attached hydrogens (tertiary/aromatic N) is 1. The third-order valence-electron chi connectivity index (χ3n) is 2.85. The molecule has 1 aliphatic rings. The molecule has 0 bridgehead atoms. The van der Waals surface area contributed by atoms with Gasteiger partial charge in [-0.15, -0.1) is 0 Å². The molecule has 1 atom stereocenters. The summed E-state index contributed by atoms with van der Waals surface area (Å²) in [6.45, 7) is 0.937. The molecule has 4 nitrogen and oxygen atoms in total. The van der Waals surface area contributed by atoms with Crippen molar-refractivity contribution < 1.29 is 14.3 Å². The average molecular weight is 317 g/mol. The molecule has 0 unspecified atom stereocenters. The molecule has 2 amide bonds. The number of benzene rings is 1. The number of carbonyl (C=O) groups excluding carboxylic acids is 1. The summed E-state index contributed by atoms with van der Waals surface area (Å²) in [5.74, 6) is -0.425. The van der Waals surface area contributed by atoms with Crippen molar-refractivity contribution in [3.63, 3.8) is 0 Å². The Labute approximate surface area is 113 Å². The number of aliphatic hydroxyl groups excluding tert-OH is 1. The van der Waals surface area contributed by atoms with E-state index in [0.29, 0.717) is 23.2 Å². The van der Waals surface area contributed by atoms with E-state index in [4.69, 9.17) is 0 Å². The van der Waals surface area contributed by atoms with E-state index < -0.39 is 11.9 Å². The molecule has 0 saturated carbocycles. The van der Waals surface area contributed by atoms with Crippen LogP contribution in [0.1, 0.15) is 12.8 Å². The SMILES string of the molecule is O=C(Nc1ccc(Br)c(F)c1)N1CCC[C@@H](O)C1. The average Bonchev–Trinajstić information content (AvgIpc) is 2.34. The fourth-order valence-corrected chi connectivity index (χ4v) is 2.16. The summed E-state index contributed by atoms with van der Waals surface area (Å²) in [7, 11) is 0. The number of carbonyl (C=O) groups is 1. The first kappa shape index (κ1) is 13.3. The summed E-state index contributed by atoms with van der Waals surface area (Å²) in [6, 6.07) is 4.10. The fourth-order valence-electron chi connectivity index (χ4n) is 1.92. The number of halogens is 2. The van der Waals surface area contributed by atoms with Crippen molar-refractivity contribution in [3.8, 4) is 0 Å². The number of piperidine rings is 1. The van der Waals surface area contributed by atoms with Crippen molar-refractivity contribution in [2.24, 2.45) is 0 Å². The second kappa shape index (κ2) is 5.67. The number of hydrogen-bond donors (Lipinski definition) is 2. The molecule has 2 rings (SSSR count). The highest BCUT2D eigenvalue weighted by Gasteiger charge is 2.22. The topological polar surface area (TPSA) is 52.6 Å². The number of amides is 2. The van der Waals surface area contributed by atoms with Crippen LogP contribution in [0.5, 0.6) is 0 Å². The molecule has 98 valence electrons. The first-order valence-corrected chi connectivity index (χ1v) is 6.54. The molecule has 0 radical (unpaired) electrons. The molecule has 6 heteroatoms. The maximum absolute atomic E-state index is 13.3. The van der Waals surface area contributed by atoms with Gasteiger partial charge >= 0.3 is 6.03 Å². The van der Waals surface area contributed by atoms with Gasteiger partial charge in [0.25, 0.3) is 0 Å². The standard InChI is InChI=1S/C12H14BrFN2O2/c13-10-4-3-8(6-11(10)14)15-12(18)16-5-1-2-9(17)7-16/h3-4,6,9,17H,1-2,5,7H2,(H,15,18)/t9-/m1/s1. The zero-order valence-corrected chi connectivity index (χ0v) is 11.3. The summed E-state index contributed by atoms with van der Waals surface area (Å²) >= 11 is 3.05. The summed E-state index contributed by atoms with van der Waals surface area (Å²) in [5.41, 5.74) is 0.403. The minimum Gasteiger partial charge on any atom is -0.391 e. The van der Waals surface area contributed by atoms with E-state index >= 15 is 0 Å². The zero-order chi connectivity index (χ0) is 13.1. The number of urea groups is 1. The quantitative estimate of drug-likeness (QED) is 0.836. The van der Waals surface area contributed by atoms with Crippen molar-refractivity contribution in [1.29, 1.82) is 0 Å². The molecule has 0 spiro atoms. The number of rotatable bonds is 1. The van der Waals surface area contributed by atoms with E-state index in [1.54, 1.807) is 6.07 Å². The molecular weight excluding hydrogens is 303 g/mol. The Kier molecular flexibility index (Phi) is 4.19. The molecule has 1 heterocycles. The van der Waals surface area contributed by atoms with Gasteiger partial charge < -0.3 is 15.3 Å². The van der Waals surface area contributed by atoms with Gasteiger partial charge in [-0.05, 0) is 47.0 Å². The van der Waals surface area contributed by atoms with Crippen LogP contribution in [0.15, 0.2) is 22.7 Å². The zero-order valence-electron chi connectivity index (χ0n) is 9.70. The first-order chi connectivity index (χ1) is 8.56. The molecular formula is C12H14BrFN2O2. The Morgan fingerprint density at radius 3 is 3.00 bits per heavy atom. The van der Waals surface area contributed by atoms with Crippen LogP contribution in [0.2, 0.25) is 0 Å². The number of β-amino-alcohol motifs (C(OH)–C–C–N with tert-alkyl or cyclic N) is 1. The molecule has 18 heavy (non-hydrogen) atoms. The third-order valence-corrected chi connectivity index (χ3v) is 3.50. The van der Waals surface area contributed by atoms with Gasteiger partial charge in [0.15, 0.2) is 0 Å². The van der Waals surface area contributed by atoms with Crippen LogP contribution in [-0.2, 0) is 0 Å². The van der Waals surface area contributed by atoms with E-state index in [-0.39, 0.29) is 6.03 Å². The van der Waals surface area contributed by atoms with Crippen molar-refractivity contribution in [2.45, 2.75) is 18.9 Å². The highest BCUT2D eigenvalue weighted by molar-refractivity contribution is 9.10. The predicted octanol–water partition coefficient (Wildman–Crippen LogP) is 2.58. The predicted molar refractivity (Wildman–Crippen MR) is 69.9 cm³/mol. The summed E-state index contributed by atoms with van der Waals surface area (Å²) in [5, 5.41) is 12.1. The number of likely N-dealkylation sites (tertiary alicyclic amines) is 1. The summed E-state index contributed by atoms with van der Waals surface area (Å²) in [6.07, 6.45) is 1.03. The summed E-state index contributed by atoms with van der Waals surface area (Å²) in [4.78, 5) is 13.4. The van der Waals surface area contributed by atoms with Gasteiger partial charge in [-0.25, -0.2) is 9.18 Å². The number of aliphatic hydroxyl groups is 1. The van der Waals surface area contributed by atoms with Crippen molar-refractivity contribution in [2.75, 3.05) is 18.4 Å². The Bertz CT molecular complexity index is 456. The van der Waals surface area contributed by atoms with Crippen LogP contribution >= 0.6 is 15.9 Å². The minimum absolute atomic E-state index is 0.310. The molecule has 0 aliphatic carbocycles. The van der Waals surface area contributed by atoms with E-state index in [1.165, 1.54) is 17.0 Å². The Morgan fingerprint density at radius 2 is 2.33 bits per heavy atom. The number of nitrogens with one attached hydrogen (secondary N) is 1. The summed E-state index contributed by atoms with van der Waals surface area (Å²) < 4.78 is 13.6. The number of hydrogen-bond acceptors (Lipinski definition) is 2. The molecule has 1 aromatic rings. The molecule has 1 aromatic carbocycles. The molecule has 1 fully saturated rings. The van der Waals surface area contributed by atoms with Crippen molar-refractivity contribution >= 4 is 27.6 Å². The lowest BCUT2D eigenvalue weighted by molar-refractivity contribution is 0.0883. The lowest BCUT2D eigenvalue weighted by Gasteiger charge is -2.30. The number of anilines is 1. The van der Waals surface area contributed by atoms with E-state index in [9.17, 15) is 14.3 Å². The van der Waals surface area contributed by atoms with Crippen LogP contribution in [0.25, 0.3) is 0 Å². The minimum atomic E-state index is -0.467. The Balaban J connectivity index is 2.00. The van der Waals surface area contributed by atoms with Gasteiger partial charge in [0, 0.05) is 18.8 Å². The van der Waals surface area contributed by atoms with Crippen LogP contribution in [0.4, 0.5) is 14.9 Å². The van der Waals surface area contributed by atoms with E-state index in [0.717, 1.165) is 12.8 Å². The van der Waals surface area contributed by atoms with Crippen LogP contribution in [-0.4, -0.2) is 35.2 Å². The fraction of sp³-hybridized carbons (Fsp3) is 0.417. The van der Waals surface area contributed by atoms with Gasteiger partial charge in [0.2, 0.25) is 0 Å². The monoisotopic (exact) mass is 316 g/mol. The lowest BCUT2D eigenvalue weighted by atomic mass is 10.1. The van der Waals surface area contributed by atoms with E-state index in [2.05, 4.69) is 21.2 Å². The highest BCUT2D eigenvalue weighted by Crippen LogP contribution is 2.20. The van der Waals surface area contributed by atoms with Crippen molar-refractivity contribution in [1.82, 2.24) is 4.90 Å². The van der Waals surface area contributed by atoms with Gasteiger partial charge in [-0.1, -0.05) is 0 Å². The maximum Gasteiger partial charge on any atom is 0.321 e. The van der Waals surface area contributed by atoms with Crippen LogP contribution in [0.3, 0.4) is 0 Å². The highest BCUT2D eigenvalue weighted by atomic mass is 79.9. The largest absolute Gasteiger partial charge is 0.391 e. The Hall–Kier alpha value is -1.14. The maximum atomic E-state index is 13.3. The second-order valence-electron chi connectivity index (χ2n) is 4.30. The van der Waals surface area contributed by atoms with Crippen LogP contribution in [0, 0.1) is 5.82 Å². The first-order valence-electron chi connectivity index (χ1n) is 5.75. The molecule has 2 N–H and O–H groups in total. The Morgan fingerprint density at radius 1 is 1.56 bits per heavy atom. The van der Waals surface area contributed by atoms with Gasteiger partial charge in [-0.2, -0.15) is 0 Å². The van der Waals surface area contributed by atoms with Crippen molar-refractivity contribution in [3.05, 3.63) is 28.5 Å². The van der Waals surface area contributed by atoms with Gasteiger partial charge in [0.05, 0.1) is 10.6 Å². The molecule has 1 saturated heterocycles. The smallest absolute Gasteiger partial charge is 0.321 e. The van der Waals surface area contributed by atoms with E-state index in [1.807, 2.05) is 0 Å².